The number of phenols is 1. The maximum atomic E-state index is 11.9. The number of methoxy groups -OCH3 is 2. The molecule has 132 valence electrons. The van der Waals surface area contributed by atoms with Gasteiger partial charge in [0, 0.05) is 18.2 Å². The van der Waals surface area contributed by atoms with Gasteiger partial charge in [0.25, 0.3) is 5.91 Å². The molecule has 7 heteroatoms. The highest BCUT2D eigenvalue weighted by molar-refractivity contribution is 5.94. The van der Waals surface area contributed by atoms with Crippen LogP contribution in [0.1, 0.15) is 15.9 Å². The second-order valence-electron chi connectivity index (χ2n) is 5.05. The Kier molecular flexibility index (Phi) is 6.22. The van der Waals surface area contributed by atoms with Crippen molar-refractivity contribution in [1.29, 1.82) is 0 Å². The van der Waals surface area contributed by atoms with Crippen molar-refractivity contribution in [3.63, 3.8) is 0 Å². The van der Waals surface area contributed by atoms with E-state index in [-0.39, 0.29) is 17.9 Å². The van der Waals surface area contributed by atoms with Crippen LogP contribution in [-0.4, -0.2) is 37.8 Å². The Morgan fingerprint density at radius 3 is 2.52 bits per heavy atom. The standard InChI is InChI=1S/C18H19NO6/c1-23-13-7-8-14(15(20)9-13)18(22)25-11-17(21)19-10-12-5-3-4-6-16(12)24-2/h3-9,20H,10-11H2,1-2H3,(H,19,21). The minimum atomic E-state index is -0.799. The quantitative estimate of drug-likeness (QED) is 0.744. The fourth-order valence-electron chi connectivity index (χ4n) is 2.11. The van der Waals surface area contributed by atoms with E-state index in [4.69, 9.17) is 14.2 Å². The van der Waals surface area contributed by atoms with Crippen molar-refractivity contribution in [2.75, 3.05) is 20.8 Å². The lowest BCUT2D eigenvalue weighted by atomic mass is 10.2. The number of nitrogens with one attached hydrogen (secondary N) is 1. The normalized spacial score (nSPS) is 10.0. The van der Waals surface area contributed by atoms with Gasteiger partial charge in [0.2, 0.25) is 0 Å². The van der Waals surface area contributed by atoms with Gasteiger partial charge in [-0.05, 0) is 18.2 Å². The minimum absolute atomic E-state index is 0.0432. The zero-order valence-electron chi connectivity index (χ0n) is 13.9. The Morgan fingerprint density at radius 1 is 1.08 bits per heavy atom. The van der Waals surface area contributed by atoms with Crippen LogP contribution in [0.25, 0.3) is 0 Å². The van der Waals surface area contributed by atoms with Gasteiger partial charge in [0.05, 0.1) is 14.2 Å². The second kappa shape index (κ2) is 8.58. The molecule has 7 nitrogen and oxygen atoms in total. The Hall–Kier alpha value is -3.22. The molecule has 0 unspecified atom stereocenters. The summed E-state index contributed by atoms with van der Waals surface area (Å²) in [6.07, 6.45) is 0. The number of esters is 1. The van der Waals surface area contributed by atoms with E-state index in [1.807, 2.05) is 18.2 Å². The van der Waals surface area contributed by atoms with Crippen LogP contribution in [0.4, 0.5) is 0 Å². The van der Waals surface area contributed by atoms with Crippen LogP contribution in [0.5, 0.6) is 17.2 Å². The lowest BCUT2D eigenvalue weighted by Gasteiger charge is -2.10. The number of amides is 1. The molecule has 2 aromatic carbocycles. The molecule has 0 atom stereocenters. The van der Waals surface area contributed by atoms with Crippen LogP contribution in [0, 0.1) is 0 Å². The number of hydrogen-bond acceptors (Lipinski definition) is 6. The van der Waals surface area contributed by atoms with Gasteiger partial charge in [0.15, 0.2) is 6.61 Å². The van der Waals surface area contributed by atoms with Crippen LogP contribution in [-0.2, 0) is 16.1 Å². The molecule has 0 saturated heterocycles. The Balaban J connectivity index is 1.86. The molecule has 0 aromatic heterocycles. The first kappa shape index (κ1) is 18.1. The molecule has 0 radical (unpaired) electrons. The Morgan fingerprint density at radius 2 is 1.84 bits per heavy atom. The fourth-order valence-corrected chi connectivity index (χ4v) is 2.11. The lowest BCUT2D eigenvalue weighted by molar-refractivity contribution is -0.124. The van der Waals surface area contributed by atoms with Crippen molar-refractivity contribution in [3.8, 4) is 17.2 Å². The molecular formula is C18H19NO6. The van der Waals surface area contributed by atoms with Gasteiger partial charge in [-0.25, -0.2) is 4.79 Å². The summed E-state index contributed by atoms with van der Waals surface area (Å²) in [6.45, 7) is -0.215. The van der Waals surface area contributed by atoms with E-state index in [9.17, 15) is 14.7 Å². The fraction of sp³-hybridized carbons (Fsp3) is 0.222. The van der Waals surface area contributed by atoms with Crippen LogP contribution in [0.3, 0.4) is 0 Å². The van der Waals surface area contributed by atoms with Gasteiger partial charge in [0.1, 0.15) is 22.8 Å². The van der Waals surface area contributed by atoms with Crippen LogP contribution >= 0.6 is 0 Å². The molecule has 25 heavy (non-hydrogen) atoms. The van der Waals surface area contributed by atoms with Crippen molar-refractivity contribution in [1.82, 2.24) is 5.32 Å². The Labute approximate surface area is 145 Å². The summed E-state index contributed by atoms with van der Waals surface area (Å²) in [5.41, 5.74) is 0.760. The molecule has 1 amide bonds. The van der Waals surface area contributed by atoms with E-state index in [1.165, 1.54) is 25.3 Å². The number of benzene rings is 2. The third-order valence-electron chi connectivity index (χ3n) is 3.43. The van der Waals surface area contributed by atoms with Gasteiger partial charge in [-0.15, -0.1) is 0 Å². The molecule has 2 aromatic rings. The monoisotopic (exact) mass is 345 g/mol. The third-order valence-corrected chi connectivity index (χ3v) is 3.43. The first-order valence-electron chi connectivity index (χ1n) is 7.48. The van der Waals surface area contributed by atoms with Gasteiger partial charge in [-0.3, -0.25) is 4.79 Å². The van der Waals surface area contributed by atoms with Crippen molar-refractivity contribution in [2.45, 2.75) is 6.54 Å². The maximum Gasteiger partial charge on any atom is 0.342 e. The number of phenolic OH excluding ortho intramolecular Hbond substituents is 1. The molecular weight excluding hydrogens is 326 g/mol. The van der Waals surface area contributed by atoms with Gasteiger partial charge in [-0.2, -0.15) is 0 Å². The minimum Gasteiger partial charge on any atom is -0.507 e. The van der Waals surface area contributed by atoms with E-state index >= 15 is 0 Å². The molecule has 0 fully saturated rings. The maximum absolute atomic E-state index is 11.9. The van der Waals surface area contributed by atoms with E-state index in [1.54, 1.807) is 13.2 Å². The number of carbonyl (C=O) groups excluding carboxylic acids is 2. The molecule has 0 spiro atoms. The topological polar surface area (TPSA) is 94.1 Å². The van der Waals surface area contributed by atoms with E-state index in [0.717, 1.165) is 5.56 Å². The van der Waals surface area contributed by atoms with Crippen molar-refractivity contribution >= 4 is 11.9 Å². The van der Waals surface area contributed by atoms with Crippen molar-refractivity contribution in [3.05, 3.63) is 53.6 Å². The zero-order valence-corrected chi connectivity index (χ0v) is 13.9. The zero-order chi connectivity index (χ0) is 18.2. The van der Waals surface area contributed by atoms with E-state index in [0.29, 0.717) is 11.5 Å². The SMILES string of the molecule is COc1ccc(C(=O)OCC(=O)NCc2ccccc2OC)c(O)c1. The summed E-state index contributed by atoms with van der Waals surface area (Å²) >= 11 is 0. The lowest BCUT2D eigenvalue weighted by Crippen LogP contribution is -2.28. The summed E-state index contributed by atoms with van der Waals surface area (Å²) in [5.74, 6) is -0.481. The predicted molar refractivity (Wildman–Crippen MR) is 89.8 cm³/mol. The van der Waals surface area contributed by atoms with Crippen LogP contribution in [0.2, 0.25) is 0 Å². The number of para-hydroxylation sites is 1. The van der Waals surface area contributed by atoms with Crippen molar-refractivity contribution in [2.24, 2.45) is 0 Å². The Bertz CT molecular complexity index is 759. The van der Waals surface area contributed by atoms with Crippen LogP contribution < -0.4 is 14.8 Å². The van der Waals surface area contributed by atoms with Crippen molar-refractivity contribution < 1.29 is 28.9 Å². The predicted octanol–water partition coefficient (Wildman–Crippen LogP) is 1.88. The van der Waals surface area contributed by atoms with Gasteiger partial charge < -0.3 is 24.6 Å². The largest absolute Gasteiger partial charge is 0.507 e. The molecule has 0 saturated carbocycles. The number of rotatable bonds is 7. The smallest absolute Gasteiger partial charge is 0.342 e. The third kappa shape index (κ3) is 4.87. The summed E-state index contributed by atoms with van der Waals surface area (Å²) in [7, 11) is 2.99. The molecule has 2 N–H and O–H groups in total. The molecule has 0 aliphatic heterocycles. The summed E-state index contributed by atoms with van der Waals surface area (Å²) in [5, 5.41) is 12.4. The number of hydrogen-bond donors (Lipinski definition) is 2. The summed E-state index contributed by atoms with van der Waals surface area (Å²) < 4.78 is 15.0. The van der Waals surface area contributed by atoms with E-state index < -0.39 is 18.5 Å². The average molecular weight is 345 g/mol. The number of ether oxygens (including phenoxy) is 3. The summed E-state index contributed by atoms with van der Waals surface area (Å²) in [4.78, 5) is 23.7. The summed E-state index contributed by atoms with van der Waals surface area (Å²) in [6, 6.07) is 11.4. The molecule has 0 aliphatic carbocycles. The molecule has 2 rings (SSSR count). The number of carbonyl (C=O) groups is 2. The first-order chi connectivity index (χ1) is 12.0. The van der Waals surface area contributed by atoms with Gasteiger partial charge in [-0.1, -0.05) is 18.2 Å². The second-order valence-corrected chi connectivity index (χ2v) is 5.05. The molecule has 0 bridgehead atoms. The highest BCUT2D eigenvalue weighted by Gasteiger charge is 2.15. The van der Waals surface area contributed by atoms with Crippen LogP contribution in [0.15, 0.2) is 42.5 Å². The molecule has 0 aliphatic rings. The highest BCUT2D eigenvalue weighted by atomic mass is 16.5. The number of aromatic hydroxyl groups is 1. The van der Waals surface area contributed by atoms with Gasteiger partial charge >= 0.3 is 5.97 Å². The first-order valence-corrected chi connectivity index (χ1v) is 7.48. The highest BCUT2D eigenvalue weighted by Crippen LogP contribution is 2.24. The molecule has 0 heterocycles. The average Bonchev–Trinajstić information content (AvgIpc) is 2.64. The van der Waals surface area contributed by atoms with E-state index in [2.05, 4.69) is 5.32 Å².